The van der Waals surface area contributed by atoms with Gasteiger partial charge in [-0.05, 0) is 18.6 Å². The standard InChI is InChI=1S/C11H10Cl2O3/c12-8-2-1-3-9(13)10(8)16-5-6-4-7(6)11(14)15/h1-3,6-7H,4-5H2,(H,14,15). The van der Waals surface area contributed by atoms with Crippen LogP contribution in [0.1, 0.15) is 6.42 Å². The largest absolute Gasteiger partial charge is 0.490 e. The van der Waals surface area contributed by atoms with Crippen molar-refractivity contribution in [1.29, 1.82) is 0 Å². The van der Waals surface area contributed by atoms with Gasteiger partial charge in [0.2, 0.25) is 0 Å². The maximum Gasteiger partial charge on any atom is 0.306 e. The Hall–Kier alpha value is -0.930. The van der Waals surface area contributed by atoms with E-state index in [1.54, 1.807) is 18.2 Å². The summed E-state index contributed by atoms with van der Waals surface area (Å²) in [7, 11) is 0. The fourth-order valence-electron chi connectivity index (χ4n) is 1.55. The molecule has 5 heteroatoms. The van der Waals surface area contributed by atoms with Crippen LogP contribution < -0.4 is 4.74 Å². The Morgan fingerprint density at radius 1 is 1.44 bits per heavy atom. The summed E-state index contributed by atoms with van der Waals surface area (Å²) in [4.78, 5) is 10.6. The molecule has 86 valence electrons. The number of carboxylic acid groups (broad SMARTS) is 1. The highest BCUT2D eigenvalue weighted by atomic mass is 35.5. The molecule has 1 aliphatic rings. The molecule has 0 saturated heterocycles. The summed E-state index contributed by atoms with van der Waals surface area (Å²) < 4.78 is 5.44. The van der Waals surface area contributed by atoms with E-state index < -0.39 is 5.97 Å². The number of rotatable bonds is 4. The van der Waals surface area contributed by atoms with Crippen LogP contribution in [0.15, 0.2) is 18.2 Å². The van der Waals surface area contributed by atoms with Crippen LogP contribution in [0.25, 0.3) is 0 Å². The van der Waals surface area contributed by atoms with Crippen LogP contribution in [-0.4, -0.2) is 17.7 Å². The number of ether oxygens (including phenoxy) is 1. The van der Waals surface area contributed by atoms with Crippen LogP contribution in [-0.2, 0) is 4.79 Å². The smallest absolute Gasteiger partial charge is 0.306 e. The van der Waals surface area contributed by atoms with Gasteiger partial charge in [-0.2, -0.15) is 0 Å². The van der Waals surface area contributed by atoms with Crippen molar-refractivity contribution >= 4 is 29.2 Å². The number of carboxylic acids is 1. The summed E-state index contributed by atoms with van der Waals surface area (Å²) in [5.41, 5.74) is 0. The topological polar surface area (TPSA) is 46.5 Å². The summed E-state index contributed by atoms with van der Waals surface area (Å²) in [5.74, 6) is -0.535. The van der Waals surface area contributed by atoms with Gasteiger partial charge in [-0.3, -0.25) is 4.79 Å². The highest BCUT2D eigenvalue weighted by Gasteiger charge is 2.43. The lowest BCUT2D eigenvalue weighted by molar-refractivity contribution is -0.138. The summed E-state index contributed by atoms with van der Waals surface area (Å²) in [5, 5.41) is 9.61. The average molecular weight is 261 g/mol. The van der Waals surface area contributed by atoms with Gasteiger partial charge >= 0.3 is 5.97 Å². The maximum absolute atomic E-state index is 10.6. The van der Waals surface area contributed by atoms with Crippen molar-refractivity contribution in [2.75, 3.05) is 6.61 Å². The Kier molecular flexibility index (Phi) is 3.26. The molecular weight excluding hydrogens is 251 g/mol. The molecule has 1 aromatic carbocycles. The van der Waals surface area contributed by atoms with Gasteiger partial charge in [0.1, 0.15) is 0 Å². The van der Waals surface area contributed by atoms with Gasteiger partial charge in [-0.25, -0.2) is 0 Å². The second-order valence-corrected chi connectivity index (χ2v) is 4.62. The molecule has 0 amide bonds. The van der Waals surface area contributed by atoms with E-state index in [-0.39, 0.29) is 11.8 Å². The molecule has 2 rings (SSSR count). The van der Waals surface area contributed by atoms with E-state index in [0.717, 1.165) is 0 Å². The summed E-state index contributed by atoms with van der Waals surface area (Å²) in [6.45, 7) is 0.348. The van der Waals surface area contributed by atoms with Crippen molar-refractivity contribution in [3.63, 3.8) is 0 Å². The van der Waals surface area contributed by atoms with Crippen molar-refractivity contribution in [3.8, 4) is 5.75 Å². The van der Waals surface area contributed by atoms with E-state index in [1.807, 2.05) is 0 Å². The molecule has 0 aliphatic heterocycles. The van der Waals surface area contributed by atoms with E-state index >= 15 is 0 Å². The highest BCUT2D eigenvalue weighted by molar-refractivity contribution is 6.37. The Bertz CT molecular complexity index is 399. The number of hydrogen-bond acceptors (Lipinski definition) is 2. The minimum atomic E-state index is -0.765. The molecule has 2 unspecified atom stereocenters. The van der Waals surface area contributed by atoms with E-state index in [2.05, 4.69) is 0 Å². The zero-order valence-electron chi connectivity index (χ0n) is 8.32. The van der Waals surface area contributed by atoms with E-state index in [0.29, 0.717) is 28.8 Å². The molecular formula is C11H10Cl2O3. The van der Waals surface area contributed by atoms with Gasteiger partial charge in [0.25, 0.3) is 0 Å². The number of aliphatic carboxylic acids is 1. The molecule has 1 N–H and O–H groups in total. The van der Waals surface area contributed by atoms with Gasteiger partial charge in [0, 0.05) is 5.92 Å². The second-order valence-electron chi connectivity index (χ2n) is 3.80. The van der Waals surface area contributed by atoms with Gasteiger partial charge in [0.15, 0.2) is 5.75 Å². The first-order valence-electron chi connectivity index (χ1n) is 4.89. The molecule has 0 radical (unpaired) electrons. The first kappa shape index (κ1) is 11.6. The minimum Gasteiger partial charge on any atom is -0.490 e. The number of halogens is 2. The molecule has 1 saturated carbocycles. The predicted molar refractivity (Wildman–Crippen MR) is 61.2 cm³/mol. The van der Waals surface area contributed by atoms with Crippen molar-refractivity contribution < 1.29 is 14.6 Å². The fourth-order valence-corrected chi connectivity index (χ4v) is 2.05. The fraction of sp³-hybridized carbons (Fsp3) is 0.364. The van der Waals surface area contributed by atoms with Gasteiger partial charge < -0.3 is 9.84 Å². The second kappa shape index (κ2) is 4.52. The van der Waals surface area contributed by atoms with E-state index in [1.165, 1.54) is 0 Å². The Morgan fingerprint density at radius 2 is 2.06 bits per heavy atom. The number of hydrogen-bond donors (Lipinski definition) is 1. The molecule has 0 bridgehead atoms. The molecule has 0 spiro atoms. The van der Waals surface area contributed by atoms with Crippen molar-refractivity contribution in [2.45, 2.75) is 6.42 Å². The van der Waals surface area contributed by atoms with Gasteiger partial charge in [0.05, 0.1) is 22.6 Å². The summed E-state index contributed by atoms with van der Waals surface area (Å²) in [6, 6.07) is 5.10. The van der Waals surface area contributed by atoms with Crippen molar-refractivity contribution in [2.24, 2.45) is 11.8 Å². The third-order valence-electron chi connectivity index (χ3n) is 2.60. The molecule has 3 nitrogen and oxygen atoms in total. The van der Waals surface area contributed by atoms with E-state index in [4.69, 9.17) is 33.0 Å². The lowest BCUT2D eigenvalue weighted by Gasteiger charge is -2.08. The minimum absolute atomic E-state index is 0.0739. The molecule has 2 atom stereocenters. The molecule has 0 aromatic heterocycles. The van der Waals surface area contributed by atoms with Crippen LogP contribution in [0, 0.1) is 11.8 Å². The first-order valence-corrected chi connectivity index (χ1v) is 5.65. The number of benzene rings is 1. The van der Waals surface area contributed by atoms with Gasteiger partial charge in [-0.1, -0.05) is 29.3 Å². The molecule has 0 heterocycles. The van der Waals surface area contributed by atoms with Crippen LogP contribution >= 0.6 is 23.2 Å². The molecule has 1 fully saturated rings. The van der Waals surface area contributed by atoms with Crippen LogP contribution in [0.5, 0.6) is 5.75 Å². The predicted octanol–water partition coefficient (Wildman–Crippen LogP) is 3.09. The third kappa shape index (κ3) is 2.42. The van der Waals surface area contributed by atoms with E-state index in [9.17, 15) is 4.79 Å². The normalized spacial score (nSPS) is 22.9. The maximum atomic E-state index is 10.6. The lowest BCUT2D eigenvalue weighted by atomic mass is 10.3. The summed E-state index contributed by atoms with van der Waals surface area (Å²) >= 11 is 11.8. The molecule has 1 aromatic rings. The number of carbonyl (C=O) groups is 1. The highest BCUT2D eigenvalue weighted by Crippen LogP contribution is 2.40. The summed E-state index contributed by atoms with van der Waals surface area (Å²) in [6.07, 6.45) is 0.664. The van der Waals surface area contributed by atoms with Crippen LogP contribution in [0.2, 0.25) is 10.0 Å². The quantitative estimate of drug-likeness (QED) is 0.905. The lowest BCUT2D eigenvalue weighted by Crippen LogP contribution is -2.06. The van der Waals surface area contributed by atoms with Crippen LogP contribution in [0.3, 0.4) is 0 Å². The Morgan fingerprint density at radius 3 is 2.56 bits per heavy atom. The SMILES string of the molecule is O=C(O)C1CC1COc1c(Cl)cccc1Cl. The van der Waals surface area contributed by atoms with Crippen molar-refractivity contribution in [1.82, 2.24) is 0 Å². The Balaban J connectivity index is 1.94. The zero-order valence-corrected chi connectivity index (χ0v) is 9.83. The molecule has 16 heavy (non-hydrogen) atoms. The van der Waals surface area contributed by atoms with Gasteiger partial charge in [-0.15, -0.1) is 0 Å². The van der Waals surface area contributed by atoms with Crippen LogP contribution in [0.4, 0.5) is 0 Å². The first-order chi connectivity index (χ1) is 7.59. The average Bonchev–Trinajstić information content (AvgIpc) is 2.96. The zero-order chi connectivity index (χ0) is 11.7. The van der Waals surface area contributed by atoms with Crippen molar-refractivity contribution in [3.05, 3.63) is 28.2 Å². The third-order valence-corrected chi connectivity index (χ3v) is 3.20. The monoisotopic (exact) mass is 260 g/mol. The number of para-hydroxylation sites is 1. The molecule has 1 aliphatic carbocycles. The Labute approximate surface area is 103 Å².